The number of nitrogen functional groups attached to an aromatic ring is 1. The molecule has 0 aromatic heterocycles. The minimum atomic E-state index is 0.121. The van der Waals surface area contributed by atoms with E-state index in [9.17, 15) is 0 Å². The van der Waals surface area contributed by atoms with Crippen LogP contribution in [-0.2, 0) is 10.2 Å². The largest absolute Gasteiger partial charge is 0.399 e. The summed E-state index contributed by atoms with van der Waals surface area (Å²) in [5.74, 6) is 0.655. The lowest BCUT2D eigenvalue weighted by Crippen LogP contribution is -2.36. The van der Waals surface area contributed by atoms with E-state index in [2.05, 4.69) is 38.2 Å². The number of hydrogen-bond acceptors (Lipinski definition) is 3. The Kier molecular flexibility index (Phi) is 4.48. The van der Waals surface area contributed by atoms with Crippen LogP contribution in [0.2, 0.25) is 0 Å². The summed E-state index contributed by atoms with van der Waals surface area (Å²) in [6.45, 7) is 9.62. The number of rotatable bonds is 5. The van der Waals surface area contributed by atoms with Crippen molar-refractivity contribution in [3.05, 3.63) is 29.8 Å². The molecule has 3 heteroatoms. The minimum absolute atomic E-state index is 0.121. The average molecular weight is 262 g/mol. The van der Waals surface area contributed by atoms with Gasteiger partial charge in [-0.1, -0.05) is 26.0 Å². The van der Waals surface area contributed by atoms with E-state index in [4.69, 9.17) is 10.5 Å². The molecule has 0 radical (unpaired) electrons. The number of ether oxygens (including phenoxy) is 1. The van der Waals surface area contributed by atoms with Gasteiger partial charge in [0.1, 0.15) is 0 Å². The molecule has 1 aliphatic rings. The van der Waals surface area contributed by atoms with Gasteiger partial charge >= 0.3 is 0 Å². The van der Waals surface area contributed by atoms with E-state index in [0.717, 1.165) is 25.4 Å². The molecule has 0 amide bonds. The molecule has 1 fully saturated rings. The van der Waals surface area contributed by atoms with Gasteiger partial charge in [-0.25, -0.2) is 0 Å². The predicted molar refractivity (Wildman–Crippen MR) is 80.3 cm³/mol. The summed E-state index contributed by atoms with van der Waals surface area (Å²) in [7, 11) is 0. The zero-order chi connectivity index (χ0) is 13.9. The van der Waals surface area contributed by atoms with Gasteiger partial charge in [-0.3, -0.25) is 0 Å². The molecule has 2 rings (SSSR count). The maximum absolute atomic E-state index is 5.74. The number of anilines is 1. The van der Waals surface area contributed by atoms with Crippen molar-refractivity contribution in [2.24, 2.45) is 5.92 Å². The van der Waals surface area contributed by atoms with E-state index in [1.54, 1.807) is 0 Å². The van der Waals surface area contributed by atoms with Crippen molar-refractivity contribution in [2.45, 2.75) is 38.7 Å². The molecule has 1 aliphatic heterocycles. The number of hydrogen-bond donors (Lipinski definition) is 2. The summed E-state index contributed by atoms with van der Waals surface area (Å²) in [5, 5.41) is 3.60. The predicted octanol–water partition coefficient (Wildman–Crippen LogP) is 2.56. The van der Waals surface area contributed by atoms with Gasteiger partial charge < -0.3 is 15.8 Å². The first-order valence-corrected chi connectivity index (χ1v) is 7.17. The van der Waals surface area contributed by atoms with Crippen molar-refractivity contribution in [1.82, 2.24) is 5.32 Å². The van der Waals surface area contributed by atoms with E-state index >= 15 is 0 Å². The van der Waals surface area contributed by atoms with Crippen LogP contribution in [0.1, 0.15) is 32.8 Å². The molecular formula is C16H26N2O. The molecule has 1 aromatic rings. The van der Waals surface area contributed by atoms with E-state index < -0.39 is 0 Å². The van der Waals surface area contributed by atoms with Crippen LogP contribution in [0.5, 0.6) is 0 Å². The van der Waals surface area contributed by atoms with Crippen molar-refractivity contribution in [1.29, 1.82) is 0 Å². The molecule has 1 saturated heterocycles. The molecule has 3 nitrogen and oxygen atoms in total. The zero-order valence-corrected chi connectivity index (χ0v) is 12.3. The van der Waals surface area contributed by atoms with Crippen molar-refractivity contribution < 1.29 is 4.74 Å². The third kappa shape index (κ3) is 3.71. The summed E-state index contributed by atoms with van der Waals surface area (Å²) >= 11 is 0. The van der Waals surface area contributed by atoms with Gasteiger partial charge in [0, 0.05) is 30.8 Å². The summed E-state index contributed by atoms with van der Waals surface area (Å²) < 4.78 is 5.59. The molecule has 106 valence electrons. The Bertz CT molecular complexity index is 400. The molecular weight excluding hydrogens is 236 g/mol. The second-order valence-corrected chi connectivity index (χ2v) is 6.26. The van der Waals surface area contributed by atoms with Gasteiger partial charge in [-0.05, 0) is 37.0 Å². The summed E-state index contributed by atoms with van der Waals surface area (Å²) in [6.07, 6.45) is 1.57. The lowest BCUT2D eigenvalue weighted by Gasteiger charge is -2.27. The number of nitrogens with one attached hydrogen (secondary N) is 1. The highest BCUT2D eigenvalue weighted by Crippen LogP contribution is 2.24. The van der Waals surface area contributed by atoms with Gasteiger partial charge in [0.15, 0.2) is 0 Å². The second-order valence-electron chi connectivity index (χ2n) is 6.26. The summed E-state index contributed by atoms with van der Waals surface area (Å²) in [5.41, 5.74) is 8.01. The van der Waals surface area contributed by atoms with Gasteiger partial charge in [0.05, 0.1) is 6.10 Å². The Labute approximate surface area is 116 Å². The fourth-order valence-corrected chi connectivity index (χ4v) is 2.65. The Hall–Kier alpha value is -1.06. The molecule has 0 saturated carbocycles. The van der Waals surface area contributed by atoms with Gasteiger partial charge in [-0.15, -0.1) is 0 Å². The van der Waals surface area contributed by atoms with E-state index in [0.29, 0.717) is 12.0 Å². The van der Waals surface area contributed by atoms with Crippen LogP contribution in [0, 0.1) is 5.92 Å². The Morgan fingerprint density at radius 2 is 2.00 bits per heavy atom. The first kappa shape index (κ1) is 14.4. The van der Waals surface area contributed by atoms with Crippen molar-refractivity contribution in [3.63, 3.8) is 0 Å². The van der Waals surface area contributed by atoms with Gasteiger partial charge in [0.2, 0.25) is 0 Å². The van der Waals surface area contributed by atoms with E-state index in [1.807, 2.05) is 12.1 Å². The second kappa shape index (κ2) is 5.93. The van der Waals surface area contributed by atoms with Crippen LogP contribution >= 0.6 is 0 Å². The first-order valence-electron chi connectivity index (χ1n) is 7.17. The molecule has 1 aromatic carbocycles. The van der Waals surface area contributed by atoms with Crippen LogP contribution in [0.3, 0.4) is 0 Å². The van der Waals surface area contributed by atoms with Gasteiger partial charge in [0.25, 0.3) is 0 Å². The lowest BCUT2D eigenvalue weighted by atomic mass is 9.84. The highest BCUT2D eigenvalue weighted by Gasteiger charge is 2.25. The third-order valence-electron chi connectivity index (χ3n) is 4.20. The maximum atomic E-state index is 5.74. The van der Waals surface area contributed by atoms with Crippen LogP contribution in [-0.4, -0.2) is 25.8 Å². The molecule has 3 N–H and O–H groups in total. The summed E-state index contributed by atoms with van der Waals surface area (Å²) in [4.78, 5) is 0. The first-order chi connectivity index (χ1) is 8.99. The average Bonchev–Trinajstić information content (AvgIpc) is 2.75. The molecule has 1 heterocycles. The number of benzene rings is 1. The molecule has 0 aliphatic carbocycles. The van der Waals surface area contributed by atoms with Crippen LogP contribution in [0.15, 0.2) is 24.3 Å². The summed E-state index contributed by atoms with van der Waals surface area (Å²) in [6, 6.07) is 8.20. The van der Waals surface area contributed by atoms with Crippen LogP contribution in [0.4, 0.5) is 5.69 Å². The van der Waals surface area contributed by atoms with Crippen molar-refractivity contribution >= 4 is 5.69 Å². The molecule has 2 unspecified atom stereocenters. The monoisotopic (exact) mass is 262 g/mol. The normalized spacial score (nSPS) is 23.7. The number of nitrogens with two attached hydrogens (primary N) is 1. The van der Waals surface area contributed by atoms with Crippen molar-refractivity contribution in [2.75, 3.05) is 25.4 Å². The Morgan fingerprint density at radius 3 is 2.58 bits per heavy atom. The minimum Gasteiger partial charge on any atom is -0.399 e. The lowest BCUT2D eigenvalue weighted by molar-refractivity contribution is 0.105. The van der Waals surface area contributed by atoms with Crippen LogP contribution in [0.25, 0.3) is 0 Å². The molecule has 0 spiro atoms. The van der Waals surface area contributed by atoms with E-state index in [-0.39, 0.29) is 5.41 Å². The Morgan fingerprint density at radius 1 is 1.32 bits per heavy atom. The highest BCUT2D eigenvalue weighted by molar-refractivity contribution is 5.41. The standard InChI is InChI=1S/C16H26N2O/c1-12-13(8-9-19-12)10-18-11-16(2,3)14-4-6-15(17)7-5-14/h4-7,12-13,18H,8-11,17H2,1-3H3. The topological polar surface area (TPSA) is 47.3 Å². The molecule has 2 atom stereocenters. The quantitative estimate of drug-likeness (QED) is 0.802. The van der Waals surface area contributed by atoms with E-state index in [1.165, 1.54) is 12.0 Å². The molecule has 0 bridgehead atoms. The van der Waals surface area contributed by atoms with Crippen molar-refractivity contribution in [3.8, 4) is 0 Å². The fourth-order valence-electron chi connectivity index (χ4n) is 2.65. The fraction of sp³-hybridized carbons (Fsp3) is 0.625. The Balaban J connectivity index is 1.85. The highest BCUT2D eigenvalue weighted by atomic mass is 16.5. The zero-order valence-electron chi connectivity index (χ0n) is 12.3. The maximum Gasteiger partial charge on any atom is 0.0588 e. The van der Waals surface area contributed by atoms with Gasteiger partial charge in [-0.2, -0.15) is 0 Å². The van der Waals surface area contributed by atoms with Crippen LogP contribution < -0.4 is 11.1 Å². The smallest absolute Gasteiger partial charge is 0.0588 e. The molecule has 19 heavy (non-hydrogen) atoms. The third-order valence-corrected chi connectivity index (χ3v) is 4.20. The SMILES string of the molecule is CC1OCCC1CNCC(C)(C)c1ccc(N)cc1.